The van der Waals surface area contributed by atoms with Crippen molar-refractivity contribution in [1.29, 1.82) is 0 Å². The molecule has 0 aliphatic rings. The molecule has 0 unspecified atom stereocenters. The topological polar surface area (TPSA) is 108 Å². The van der Waals surface area contributed by atoms with E-state index in [0.717, 1.165) is 36.0 Å². The van der Waals surface area contributed by atoms with E-state index in [0.29, 0.717) is 18.6 Å². The second-order valence-electron chi connectivity index (χ2n) is 7.52. The minimum absolute atomic E-state index is 0.181. The van der Waals surface area contributed by atoms with Gasteiger partial charge in [-0.2, -0.15) is 0 Å². The van der Waals surface area contributed by atoms with Crippen LogP contribution in [0.15, 0.2) is 60.7 Å². The van der Waals surface area contributed by atoms with Crippen molar-refractivity contribution in [2.75, 3.05) is 13.7 Å². The Bertz CT molecular complexity index is 1180. The number of benzene rings is 3. The van der Waals surface area contributed by atoms with Crippen molar-refractivity contribution < 1.29 is 23.9 Å². The number of methoxy groups -OCH3 is 1. The van der Waals surface area contributed by atoms with Gasteiger partial charge in [-0.3, -0.25) is 9.59 Å². The lowest BCUT2D eigenvalue weighted by Crippen LogP contribution is -2.25. The van der Waals surface area contributed by atoms with Crippen LogP contribution in [0.1, 0.15) is 39.1 Å². The van der Waals surface area contributed by atoms with Crippen molar-refractivity contribution in [3.8, 4) is 22.6 Å². The first kappa shape index (κ1) is 24.8. The van der Waals surface area contributed by atoms with E-state index in [2.05, 4.69) is 5.32 Å². The average molecular weight is 481 g/mol. The second kappa shape index (κ2) is 11.9. The molecule has 7 nitrogen and oxygen atoms in total. The maximum atomic E-state index is 12.5. The molecule has 176 valence electrons. The molecular weight excluding hydrogens is 456 g/mol. The fourth-order valence-corrected chi connectivity index (χ4v) is 3.79. The Kier molecular flexibility index (Phi) is 8.65. The normalized spacial score (nSPS) is 10.4. The monoisotopic (exact) mass is 480 g/mol. The van der Waals surface area contributed by atoms with Gasteiger partial charge in [-0.05, 0) is 48.6 Å². The van der Waals surface area contributed by atoms with Gasteiger partial charge < -0.3 is 20.5 Å². The maximum Gasteiger partial charge on any atom is 0.409 e. The Morgan fingerprint density at radius 2 is 1.79 bits per heavy atom. The zero-order valence-corrected chi connectivity index (χ0v) is 19.4. The summed E-state index contributed by atoms with van der Waals surface area (Å²) in [5.74, 6) is 0.356. The Morgan fingerprint density at radius 3 is 2.47 bits per heavy atom. The van der Waals surface area contributed by atoms with Crippen LogP contribution in [0.2, 0.25) is 5.02 Å². The minimum atomic E-state index is -0.867. The number of carbonyl (C=O) groups excluding carboxylic acids is 3. The molecule has 34 heavy (non-hydrogen) atoms. The molecule has 0 spiro atoms. The summed E-state index contributed by atoms with van der Waals surface area (Å²) in [4.78, 5) is 34.9. The summed E-state index contributed by atoms with van der Waals surface area (Å²) in [7, 11) is 1.42. The molecule has 0 heterocycles. The summed E-state index contributed by atoms with van der Waals surface area (Å²) < 4.78 is 10.4. The highest BCUT2D eigenvalue weighted by atomic mass is 35.5. The fraction of sp³-hybridized carbons (Fsp3) is 0.192. The number of aryl methyl sites for hydroxylation is 1. The molecule has 2 amide bonds. The Balaban J connectivity index is 1.57. The number of unbranched alkanes of at least 4 members (excludes halogenated alkanes) is 1. The van der Waals surface area contributed by atoms with Gasteiger partial charge in [0.05, 0.1) is 23.3 Å². The van der Waals surface area contributed by atoms with Crippen LogP contribution in [0, 0.1) is 0 Å². The van der Waals surface area contributed by atoms with Gasteiger partial charge >= 0.3 is 6.09 Å². The average Bonchev–Trinajstić information content (AvgIpc) is 2.83. The van der Waals surface area contributed by atoms with Crippen LogP contribution in [0.25, 0.3) is 11.1 Å². The van der Waals surface area contributed by atoms with E-state index < -0.39 is 6.09 Å². The van der Waals surface area contributed by atoms with Gasteiger partial charge in [-0.15, -0.1) is 0 Å². The molecule has 0 aliphatic heterocycles. The molecule has 8 heteroatoms. The van der Waals surface area contributed by atoms with Gasteiger partial charge in [0.1, 0.15) is 11.5 Å². The second-order valence-corrected chi connectivity index (χ2v) is 7.93. The quantitative estimate of drug-likeness (QED) is 0.312. The van der Waals surface area contributed by atoms with Crippen molar-refractivity contribution >= 4 is 29.9 Å². The lowest BCUT2D eigenvalue weighted by Gasteiger charge is -2.12. The molecule has 0 aliphatic carbocycles. The van der Waals surface area contributed by atoms with Crippen LogP contribution in [-0.2, 0) is 6.42 Å². The van der Waals surface area contributed by atoms with E-state index in [1.165, 1.54) is 19.2 Å². The third kappa shape index (κ3) is 6.36. The number of carbonyl (C=O) groups is 3. The lowest BCUT2D eigenvalue weighted by atomic mass is 10.0. The molecule has 0 saturated heterocycles. The summed E-state index contributed by atoms with van der Waals surface area (Å²) in [6.45, 7) is 0.444. The van der Waals surface area contributed by atoms with Crippen LogP contribution in [-0.4, -0.2) is 31.9 Å². The number of hydrogen-bond donors (Lipinski definition) is 2. The number of rotatable bonds is 10. The summed E-state index contributed by atoms with van der Waals surface area (Å²) >= 11 is 6.14. The number of halogens is 1. The predicted molar refractivity (Wildman–Crippen MR) is 131 cm³/mol. The van der Waals surface area contributed by atoms with Gasteiger partial charge in [-0.1, -0.05) is 54.1 Å². The molecule has 0 fully saturated rings. The molecule has 0 atom stereocenters. The third-order valence-electron chi connectivity index (χ3n) is 5.21. The van der Waals surface area contributed by atoms with Crippen molar-refractivity contribution in [1.82, 2.24) is 5.32 Å². The zero-order chi connectivity index (χ0) is 24.5. The molecule has 3 rings (SSSR count). The highest BCUT2D eigenvalue weighted by Crippen LogP contribution is 2.31. The molecule has 0 radical (unpaired) electrons. The first-order valence-corrected chi connectivity index (χ1v) is 11.1. The number of primary amides is 1. The Hall–Kier alpha value is -3.84. The van der Waals surface area contributed by atoms with Crippen LogP contribution >= 0.6 is 11.6 Å². The van der Waals surface area contributed by atoms with E-state index in [1.54, 1.807) is 0 Å². The van der Waals surface area contributed by atoms with E-state index in [9.17, 15) is 14.4 Å². The first-order valence-electron chi connectivity index (χ1n) is 10.7. The molecular formula is C26H25ClN2O5. The molecule has 3 N–H and O–H groups in total. The molecule has 3 aromatic rings. The van der Waals surface area contributed by atoms with E-state index in [-0.39, 0.29) is 27.8 Å². The van der Waals surface area contributed by atoms with Crippen molar-refractivity contribution in [3.05, 3.63) is 82.4 Å². The lowest BCUT2D eigenvalue weighted by molar-refractivity contribution is 0.0952. The van der Waals surface area contributed by atoms with Crippen LogP contribution in [0.4, 0.5) is 4.79 Å². The summed E-state index contributed by atoms with van der Waals surface area (Å²) in [6.07, 6.45) is 2.00. The van der Waals surface area contributed by atoms with Crippen LogP contribution < -0.4 is 20.5 Å². The summed E-state index contributed by atoms with van der Waals surface area (Å²) in [5.41, 5.74) is 8.46. The Labute approximate surface area is 202 Å². The first-order chi connectivity index (χ1) is 16.4. The molecule has 0 bridgehead atoms. The van der Waals surface area contributed by atoms with Gasteiger partial charge in [0.25, 0.3) is 5.91 Å². The minimum Gasteiger partial charge on any atom is -0.496 e. The number of nitrogens with one attached hydrogen (secondary N) is 1. The smallest absolute Gasteiger partial charge is 0.409 e. The molecule has 0 aromatic heterocycles. The highest BCUT2D eigenvalue weighted by molar-refractivity contribution is 6.34. The standard InChI is InChI=1S/C26H25ClN2O5/c1-33-23-15-21(22(27)14-19(23)16-30)25(31)29-12-6-5-7-17-10-11-20(18-8-3-2-4-9-18)24(13-17)34-26(28)32/h2-4,8-11,13-16H,5-7,12H2,1H3,(H2,28,32)(H,29,31). The van der Waals surface area contributed by atoms with E-state index >= 15 is 0 Å². The highest BCUT2D eigenvalue weighted by Gasteiger charge is 2.15. The van der Waals surface area contributed by atoms with Crippen molar-refractivity contribution in [3.63, 3.8) is 0 Å². The number of ether oxygens (including phenoxy) is 2. The molecule has 3 aromatic carbocycles. The summed E-state index contributed by atoms with van der Waals surface area (Å²) in [6, 6.07) is 18.2. The summed E-state index contributed by atoms with van der Waals surface area (Å²) in [5, 5.41) is 3.01. The molecule has 0 saturated carbocycles. The van der Waals surface area contributed by atoms with Crippen molar-refractivity contribution in [2.45, 2.75) is 19.3 Å². The Morgan fingerprint density at radius 1 is 1.03 bits per heavy atom. The van der Waals surface area contributed by atoms with Gasteiger partial charge in [0, 0.05) is 12.1 Å². The van der Waals surface area contributed by atoms with E-state index in [1.807, 2.05) is 48.5 Å². The number of nitrogens with two attached hydrogens (primary N) is 1. The van der Waals surface area contributed by atoms with Gasteiger partial charge in [-0.25, -0.2) is 4.79 Å². The predicted octanol–water partition coefficient (Wildman–Crippen LogP) is 5.04. The van der Waals surface area contributed by atoms with E-state index in [4.69, 9.17) is 26.8 Å². The fourth-order valence-electron chi connectivity index (χ4n) is 3.53. The van der Waals surface area contributed by atoms with Gasteiger partial charge in [0.15, 0.2) is 6.29 Å². The van der Waals surface area contributed by atoms with Crippen LogP contribution in [0.3, 0.4) is 0 Å². The zero-order valence-electron chi connectivity index (χ0n) is 18.7. The number of amides is 2. The third-order valence-corrected chi connectivity index (χ3v) is 5.52. The van der Waals surface area contributed by atoms with Crippen molar-refractivity contribution in [2.24, 2.45) is 5.73 Å². The number of hydrogen-bond acceptors (Lipinski definition) is 5. The SMILES string of the molecule is COc1cc(C(=O)NCCCCc2ccc(-c3ccccc3)c(OC(N)=O)c2)c(Cl)cc1C=O. The van der Waals surface area contributed by atoms with Crippen LogP contribution in [0.5, 0.6) is 11.5 Å². The maximum absolute atomic E-state index is 12.5. The van der Waals surface area contributed by atoms with Gasteiger partial charge in [0.2, 0.25) is 0 Å². The number of aldehydes is 1. The largest absolute Gasteiger partial charge is 0.496 e.